The highest BCUT2D eigenvalue weighted by Crippen LogP contribution is 2.45. The molecule has 0 spiro atoms. The smallest absolute Gasteiger partial charge is 0.416 e. The lowest BCUT2D eigenvalue weighted by Crippen LogP contribution is -2.29. The molecule has 2 heterocycles. The van der Waals surface area contributed by atoms with Crippen molar-refractivity contribution in [1.82, 2.24) is 0 Å². The molecule has 1 unspecified atom stereocenters. The van der Waals surface area contributed by atoms with Gasteiger partial charge in [-0.2, -0.15) is 13.2 Å². The minimum atomic E-state index is -4.54. The summed E-state index contributed by atoms with van der Waals surface area (Å²) in [6.45, 7) is 6.35. The molecule has 36 heavy (non-hydrogen) atoms. The van der Waals surface area contributed by atoms with E-state index in [4.69, 9.17) is 4.74 Å². The predicted molar refractivity (Wildman–Crippen MR) is 132 cm³/mol. The van der Waals surface area contributed by atoms with E-state index in [1.54, 1.807) is 36.6 Å². The number of halogens is 3. The molecule has 1 amide bonds. The Morgan fingerprint density at radius 1 is 1.06 bits per heavy atom. The van der Waals surface area contributed by atoms with Gasteiger partial charge in [0, 0.05) is 16.1 Å². The second-order valence-electron chi connectivity index (χ2n) is 8.91. The average Bonchev–Trinajstić information content (AvgIpc) is 3.37. The number of ketones is 1. The van der Waals surface area contributed by atoms with Gasteiger partial charge in [0.2, 0.25) is 0 Å². The molecule has 4 rings (SSSR count). The fourth-order valence-corrected chi connectivity index (χ4v) is 4.97. The minimum Gasteiger partial charge on any atom is -0.507 e. The van der Waals surface area contributed by atoms with Crippen LogP contribution in [0.3, 0.4) is 0 Å². The molecule has 2 aromatic carbocycles. The molecule has 0 radical (unpaired) electrons. The zero-order valence-corrected chi connectivity index (χ0v) is 20.6. The zero-order chi connectivity index (χ0) is 26.2. The number of rotatable bonds is 6. The van der Waals surface area contributed by atoms with Crippen molar-refractivity contribution in [3.8, 4) is 5.75 Å². The number of alkyl halides is 3. The van der Waals surface area contributed by atoms with Crippen molar-refractivity contribution in [3.63, 3.8) is 0 Å². The molecular weight excluding hydrogens is 491 g/mol. The number of nitrogens with zero attached hydrogens (tertiary/aromatic N) is 1. The van der Waals surface area contributed by atoms with Crippen LogP contribution in [0.25, 0.3) is 5.76 Å². The maximum Gasteiger partial charge on any atom is 0.416 e. The monoisotopic (exact) mass is 515 g/mol. The second kappa shape index (κ2) is 9.81. The van der Waals surface area contributed by atoms with Crippen LogP contribution in [0.2, 0.25) is 0 Å². The van der Waals surface area contributed by atoms with Crippen LogP contribution in [0.15, 0.2) is 65.6 Å². The van der Waals surface area contributed by atoms with Crippen molar-refractivity contribution in [1.29, 1.82) is 0 Å². The van der Waals surface area contributed by atoms with Crippen LogP contribution in [-0.2, 0) is 15.8 Å². The second-order valence-corrected chi connectivity index (χ2v) is 9.86. The number of carbonyl (C=O) groups is 2. The molecule has 1 aliphatic rings. The topological polar surface area (TPSA) is 66.8 Å². The number of amides is 1. The average molecular weight is 516 g/mol. The Morgan fingerprint density at radius 3 is 2.22 bits per heavy atom. The number of anilines is 1. The summed E-state index contributed by atoms with van der Waals surface area (Å²) < 4.78 is 44.9. The van der Waals surface area contributed by atoms with E-state index < -0.39 is 29.5 Å². The zero-order valence-electron chi connectivity index (χ0n) is 19.8. The highest BCUT2D eigenvalue weighted by molar-refractivity contribution is 7.10. The van der Waals surface area contributed by atoms with E-state index in [1.165, 1.54) is 11.3 Å². The van der Waals surface area contributed by atoms with Gasteiger partial charge in [0.25, 0.3) is 11.7 Å². The van der Waals surface area contributed by atoms with Crippen LogP contribution in [-0.4, -0.2) is 23.4 Å². The van der Waals surface area contributed by atoms with E-state index in [0.29, 0.717) is 28.7 Å². The maximum atomic E-state index is 13.2. The van der Waals surface area contributed by atoms with Gasteiger partial charge in [-0.15, -0.1) is 11.3 Å². The van der Waals surface area contributed by atoms with Gasteiger partial charge in [0.05, 0.1) is 17.7 Å². The number of aryl methyl sites for hydroxylation is 1. The van der Waals surface area contributed by atoms with Crippen LogP contribution in [0.4, 0.5) is 18.9 Å². The van der Waals surface area contributed by atoms with Gasteiger partial charge in [0.1, 0.15) is 17.6 Å². The summed E-state index contributed by atoms with van der Waals surface area (Å²) in [7, 11) is 0. The van der Waals surface area contributed by atoms with Crippen LogP contribution < -0.4 is 9.64 Å². The third-order valence-electron chi connectivity index (χ3n) is 5.78. The molecule has 0 bridgehead atoms. The highest BCUT2D eigenvalue weighted by atomic mass is 32.1. The van der Waals surface area contributed by atoms with Crippen LogP contribution in [0.1, 0.15) is 41.5 Å². The Labute approximate surface area is 210 Å². The summed E-state index contributed by atoms with van der Waals surface area (Å²) in [6.07, 6.45) is -4.54. The molecule has 1 aliphatic heterocycles. The third kappa shape index (κ3) is 4.88. The Hall–Kier alpha value is -3.59. The third-order valence-corrected chi connectivity index (χ3v) is 6.85. The molecule has 1 fully saturated rings. The quantitative estimate of drug-likeness (QED) is 0.224. The van der Waals surface area contributed by atoms with E-state index >= 15 is 0 Å². The first-order valence-corrected chi connectivity index (χ1v) is 12.1. The number of aliphatic hydroxyl groups is 1. The molecule has 5 nitrogen and oxygen atoms in total. The molecule has 9 heteroatoms. The van der Waals surface area contributed by atoms with Gasteiger partial charge in [0.15, 0.2) is 0 Å². The molecule has 1 aromatic heterocycles. The first-order chi connectivity index (χ1) is 17.0. The van der Waals surface area contributed by atoms with Gasteiger partial charge in [-0.1, -0.05) is 13.8 Å². The molecule has 1 atom stereocenters. The van der Waals surface area contributed by atoms with Crippen molar-refractivity contribution in [2.75, 3.05) is 11.5 Å². The Balaban J connectivity index is 1.79. The van der Waals surface area contributed by atoms with Gasteiger partial charge in [-0.3, -0.25) is 14.5 Å². The number of ether oxygens (including phenoxy) is 1. The highest BCUT2D eigenvalue weighted by Gasteiger charge is 2.48. The summed E-state index contributed by atoms with van der Waals surface area (Å²) in [6, 6.07) is 11.4. The molecular formula is C27H24F3NO4S. The number of Topliss-reactive ketones (excluding diaryl/α,β-unsaturated/α-hetero) is 1. The van der Waals surface area contributed by atoms with Crippen LogP contribution in [0, 0.1) is 12.8 Å². The standard InChI is InChI=1S/C27H24F3NO4S/c1-15(2)14-35-20-10-4-17(5-11-20)23(32)21-22(25-16(3)12-13-36-25)31(26(34)24(21)33)19-8-6-18(7-9-19)27(28,29)30/h4-13,15,22,32H,14H2,1-3H3/b23-21-. The first-order valence-electron chi connectivity index (χ1n) is 11.2. The molecule has 0 aliphatic carbocycles. The summed E-state index contributed by atoms with van der Waals surface area (Å²) >= 11 is 1.29. The fraction of sp³-hybridized carbons (Fsp3) is 0.259. The lowest BCUT2D eigenvalue weighted by Gasteiger charge is -2.25. The van der Waals surface area contributed by atoms with Crippen molar-refractivity contribution in [3.05, 3.63) is 87.1 Å². The molecule has 1 N–H and O–H groups in total. The molecule has 0 saturated carbocycles. The molecule has 188 valence electrons. The number of aliphatic hydroxyl groups excluding tert-OH is 1. The number of thiophene rings is 1. The van der Waals surface area contributed by atoms with Crippen LogP contribution in [0.5, 0.6) is 5.75 Å². The Bertz CT molecular complexity index is 1310. The normalized spacial score (nSPS) is 17.8. The summed E-state index contributed by atoms with van der Waals surface area (Å²) in [4.78, 5) is 28.1. The van der Waals surface area contributed by atoms with Crippen molar-refractivity contribution in [2.45, 2.75) is 33.0 Å². The predicted octanol–water partition coefficient (Wildman–Crippen LogP) is 6.74. The molecule has 3 aromatic rings. The van der Waals surface area contributed by atoms with E-state index in [2.05, 4.69) is 0 Å². The number of benzene rings is 2. The van der Waals surface area contributed by atoms with Crippen molar-refractivity contribution < 1.29 is 32.6 Å². The van der Waals surface area contributed by atoms with Gasteiger partial charge in [-0.05, 0) is 78.4 Å². The Morgan fingerprint density at radius 2 is 1.69 bits per heavy atom. The minimum absolute atomic E-state index is 0.124. The lowest BCUT2D eigenvalue weighted by molar-refractivity contribution is -0.137. The van der Waals surface area contributed by atoms with Crippen molar-refractivity contribution in [2.24, 2.45) is 5.92 Å². The lowest BCUT2D eigenvalue weighted by atomic mass is 9.98. The summed E-state index contributed by atoms with van der Waals surface area (Å²) in [5, 5.41) is 13.0. The van der Waals surface area contributed by atoms with E-state index in [1.807, 2.05) is 19.9 Å². The number of hydrogen-bond acceptors (Lipinski definition) is 5. The van der Waals surface area contributed by atoms with Gasteiger partial charge in [-0.25, -0.2) is 0 Å². The van der Waals surface area contributed by atoms with Gasteiger partial charge >= 0.3 is 6.18 Å². The van der Waals surface area contributed by atoms with Crippen molar-refractivity contribution >= 4 is 34.5 Å². The first kappa shape index (κ1) is 25.5. The van der Waals surface area contributed by atoms with E-state index in [9.17, 15) is 27.9 Å². The summed E-state index contributed by atoms with van der Waals surface area (Å²) in [5.41, 5.74) is 0.232. The van der Waals surface area contributed by atoms with E-state index in [0.717, 1.165) is 34.7 Å². The maximum absolute atomic E-state index is 13.2. The molecule has 1 saturated heterocycles. The number of carbonyl (C=O) groups excluding carboxylic acids is 2. The largest absolute Gasteiger partial charge is 0.507 e. The summed E-state index contributed by atoms with van der Waals surface area (Å²) in [5.74, 6) is -1.28. The number of hydrogen-bond donors (Lipinski definition) is 1. The Kier molecular flexibility index (Phi) is 6.95. The SMILES string of the molecule is Cc1ccsc1C1/C(=C(/O)c2ccc(OCC(C)C)cc2)C(=O)C(=O)N1c1ccc(C(F)(F)F)cc1. The van der Waals surface area contributed by atoms with E-state index in [-0.39, 0.29) is 17.0 Å². The van der Waals surface area contributed by atoms with Crippen LogP contribution >= 0.6 is 11.3 Å². The fourth-order valence-electron chi connectivity index (χ4n) is 3.95. The van der Waals surface area contributed by atoms with Gasteiger partial charge < -0.3 is 9.84 Å².